The monoisotopic (exact) mass is 527 g/mol. The molecule has 3 heterocycles. The first kappa shape index (κ1) is 27.4. The smallest absolute Gasteiger partial charge is 0.410 e. The third-order valence-corrected chi connectivity index (χ3v) is 10.3. The van der Waals surface area contributed by atoms with Crippen LogP contribution in [-0.4, -0.2) is 78.1 Å². The summed E-state index contributed by atoms with van der Waals surface area (Å²) in [4.78, 5) is 33.2. The molecule has 5 rings (SSSR count). The maximum absolute atomic E-state index is 14.0. The summed E-state index contributed by atoms with van der Waals surface area (Å²) in [6.45, 7) is 11.8. The Morgan fingerprint density at radius 3 is 2.32 bits per heavy atom. The number of carbonyl (C=O) groups is 2. The van der Waals surface area contributed by atoms with Gasteiger partial charge in [0.05, 0.1) is 5.54 Å². The van der Waals surface area contributed by atoms with E-state index in [0.29, 0.717) is 12.5 Å². The fraction of sp³-hybridized carbons (Fsp3) is 0.742. The first-order valence-electron chi connectivity index (χ1n) is 14.9. The van der Waals surface area contributed by atoms with E-state index in [-0.39, 0.29) is 40.6 Å². The quantitative estimate of drug-likeness (QED) is 0.478. The number of cyclic esters (lactones) is 1. The van der Waals surface area contributed by atoms with Gasteiger partial charge in [-0.3, -0.25) is 9.69 Å². The minimum absolute atomic E-state index is 0.0414. The first-order chi connectivity index (χ1) is 18.2. The largest absolute Gasteiger partial charge is 0.447 e. The second kappa shape index (κ2) is 11.1. The van der Waals surface area contributed by atoms with Crippen LogP contribution in [-0.2, 0) is 9.53 Å². The summed E-state index contributed by atoms with van der Waals surface area (Å²) in [6, 6.07) is 6.76. The highest BCUT2D eigenvalue weighted by Crippen LogP contribution is 2.48. The highest BCUT2D eigenvalue weighted by atomic mass is 19.1. The minimum atomic E-state index is -0.290. The minimum Gasteiger partial charge on any atom is -0.447 e. The molecule has 6 nitrogen and oxygen atoms in total. The lowest BCUT2D eigenvalue weighted by atomic mass is 9.63. The number of amides is 2. The van der Waals surface area contributed by atoms with E-state index in [2.05, 4.69) is 30.6 Å². The Morgan fingerprint density at radius 2 is 1.71 bits per heavy atom. The van der Waals surface area contributed by atoms with Crippen LogP contribution < -0.4 is 0 Å². The van der Waals surface area contributed by atoms with Crippen LogP contribution >= 0.6 is 0 Å². The fourth-order valence-electron chi connectivity index (χ4n) is 7.70. The molecule has 1 unspecified atom stereocenters. The number of benzene rings is 1. The Balaban J connectivity index is 1.32. The van der Waals surface area contributed by atoms with E-state index in [1.165, 1.54) is 44.2 Å². The number of piperidine rings is 2. The van der Waals surface area contributed by atoms with Crippen LogP contribution in [0.1, 0.15) is 83.6 Å². The molecular weight excluding hydrogens is 481 g/mol. The van der Waals surface area contributed by atoms with Crippen molar-refractivity contribution in [2.75, 3.05) is 45.9 Å². The topological polar surface area (TPSA) is 53.1 Å². The van der Waals surface area contributed by atoms with Crippen molar-refractivity contribution < 1.29 is 18.7 Å². The lowest BCUT2D eigenvalue weighted by Crippen LogP contribution is -2.56. The third kappa shape index (κ3) is 5.45. The van der Waals surface area contributed by atoms with Gasteiger partial charge in [-0.15, -0.1) is 0 Å². The van der Waals surface area contributed by atoms with Crippen LogP contribution in [0.15, 0.2) is 24.3 Å². The van der Waals surface area contributed by atoms with Crippen LogP contribution in [0.5, 0.6) is 0 Å². The lowest BCUT2D eigenvalue weighted by Gasteiger charge is -2.51. The van der Waals surface area contributed by atoms with Gasteiger partial charge in [0, 0.05) is 38.0 Å². The number of ether oxygens (including phenoxy) is 1. The number of halogens is 1. The molecule has 38 heavy (non-hydrogen) atoms. The molecule has 7 heteroatoms. The van der Waals surface area contributed by atoms with E-state index < -0.39 is 0 Å². The summed E-state index contributed by atoms with van der Waals surface area (Å²) in [7, 11) is 0. The summed E-state index contributed by atoms with van der Waals surface area (Å²) in [5.74, 6) is 0.630. The van der Waals surface area contributed by atoms with Crippen LogP contribution in [0.25, 0.3) is 0 Å². The molecule has 1 saturated carbocycles. The third-order valence-electron chi connectivity index (χ3n) is 10.3. The zero-order valence-electron chi connectivity index (χ0n) is 23.6. The molecule has 210 valence electrons. The summed E-state index contributed by atoms with van der Waals surface area (Å²) < 4.78 is 19.1. The number of hydrogen-bond acceptors (Lipinski definition) is 4. The van der Waals surface area contributed by atoms with E-state index in [4.69, 9.17) is 4.74 Å². The average molecular weight is 528 g/mol. The molecule has 1 aliphatic carbocycles. The molecule has 1 aromatic rings. The van der Waals surface area contributed by atoms with E-state index >= 15 is 0 Å². The molecule has 0 spiro atoms. The number of likely N-dealkylation sites (N-methyl/N-ethyl adjacent to an activating group) is 1. The van der Waals surface area contributed by atoms with Crippen LogP contribution in [0, 0.1) is 23.1 Å². The van der Waals surface area contributed by atoms with E-state index in [1.807, 2.05) is 17.0 Å². The van der Waals surface area contributed by atoms with Crippen molar-refractivity contribution in [1.29, 1.82) is 0 Å². The average Bonchev–Trinajstić information content (AvgIpc) is 3.20. The fourth-order valence-corrected chi connectivity index (χ4v) is 7.70. The van der Waals surface area contributed by atoms with Gasteiger partial charge in [-0.25, -0.2) is 9.18 Å². The SMILES string of the molecule is CCN1CCC(C(=O)N2CCC(CN3C(=O)OCC3(C)C)(C3CCCCC3)CC2)[C@H](c2ccc(F)cc2)C1. The Kier molecular flexibility index (Phi) is 8.04. The molecule has 0 aromatic heterocycles. The Bertz CT molecular complexity index is 983. The summed E-state index contributed by atoms with van der Waals surface area (Å²) in [6.07, 6.45) is 8.81. The zero-order chi connectivity index (χ0) is 26.9. The Morgan fingerprint density at radius 1 is 1.03 bits per heavy atom. The maximum Gasteiger partial charge on any atom is 0.410 e. The van der Waals surface area contributed by atoms with E-state index in [0.717, 1.165) is 64.1 Å². The molecule has 3 saturated heterocycles. The van der Waals surface area contributed by atoms with Gasteiger partial charge >= 0.3 is 6.09 Å². The van der Waals surface area contributed by atoms with Gasteiger partial charge < -0.3 is 14.5 Å². The molecular formula is C31H46FN3O3. The summed E-state index contributed by atoms with van der Waals surface area (Å²) in [5.41, 5.74) is 0.812. The van der Waals surface area contributed by atoms with Crippen molar-refractivity contribution >= 4 is 12.0 Å². The number of likely N-dealkylation sites (tertiary alicyclic amines) is 2. The summed E-state index contributed by atoms with van der Waals surface area (Å²) in [5, 5.41) is 0. The highest BCUT2D eigenvalue weighted by Gasteiger charge is 2.50. The Labute approximate surface area is 227 Å². The van der Waals surface area contributed by atoms with Gasteiger partial charge in [-0.05, 0) is 88.1 Å². The number of rotatable bonds is 6. The molecule has 0 bridgehead atoms. The van der Waals surface area contributed by atoms with E-state index in [1.54, 1.807) is 0 Å². The van der Waals surface area contributed by atoms with Crippen molar-refractivity contribution in [2.45, 2.75) is 83.6 Å². The lowest BCUT2D eigenvalue weighted by molar-refractivity contribution is -0.141. The molecule has 4 fully saturated rings. The highest BCUT2D eigenvalue weighted by molar-refractivity contribution is 5.80. The van der Waals surface area contributed by atoms with Crippen LogP contribution in [0.4, 0.5) is 9.18 Å². The van der Waals surface area contributed by atoms with Gasteiger partial charge in [-0.2, -0.15) is 0 Å². The predicted molar refractivity (Wildman–Crippen MR) is 146 cm³/mol. The molecule has 0 N–H and O–H groups in total. The first-order valence-corrected chi connectivity index (χ1v) is 14.9. The molecule has 3 aliphatic heterocycles. The standard InChI is InChI=1S/C31H46FN3O3/c1-4-33-17-14-26(27(20-33)23-10-12-25(32)13-11-23)28(36)34-18-15-31(16-19-34,24-8-6-5-7-9-24)21-35-29(37)38-22-30(35,2)3/h10-13,24,26-27H,4-9,14-22H2,1-3H3/t26?,27-/m0/s1. The molecule has 2 atom stereocenters. The molecule has 0 radical (unpaired) electrons. The second-order valence-corrected chi connectivity index (χ2v) is 12.9. The molecule has 1 aromatic carbocycles. The van der Waals surface area contributed by atoms with Crippen LogP contribution in [0.2, 0.25) is 0 Å². The normalized spacial score (nSPS) is 28.4. The van der Waals surface area contributed by atoms with Crippen molar-refractivity contribution in [3.63, 3.8) is 0 Å². The summed E-state index contributed by atoms with van der Waals surface area (Å²) >= 11 is 0. The van der Waals surface area contributed by atoms with Gasteiger partial charge in [0.25, 0.3) is 0 Å². The van der Waals surface area contributed by atoms with Gasteiger partial charge in [0.1, 0.15) is 12.4 Å². The Hall–Kier alpha value is -2.15. The van der Waals surface area contributed by atoms with Crippen molar-refractivity contribution in [3.8, 4) is 0 Å². The molecule has 4 aliphatic rings. The zero-order valence-corrected chi connectivity index (χ0v) is 23.6. The van der Waals surface area contributed by atoms with Crippen molar-refractivity contribution in [3.05, 3.63) is 35.6 Å². The number of nitrogens with zero attached hydrogens (tertiary/aromatic N) is 3. The van der Waals surface area contributed by atoms with Crippen molar-refractivity contribution in [1.82, 2.24) is 14.7 Å². The second-order valence-electron chi connectivity index (χ2n) is 12.9. The van der Waals surface area contributed by atoms with Crippen LogP contribution in [0.3, 0.4) is 0 Å². The number of hydrogen-bond donors (Lipinski definition) is 0. The van der Waals surface area contributed by atoms with Gasteiger partial charge in [-0.1, -0.05) is 38.3 Å². The van der Waals surface area contributed by atoms with Gasteiger partial charge in [0.2, 0.25) is 5.91 Å². The van der Waals surface area contributed by atoms with Gasteiger partial charge in [0.15, 0.2) is 0 Å². The molecule has 2 amide bonds. The van der Waals surface area contributed by atoms with Crippen molar-refractivity contribution in [2.24, 2.45) is 17.3 Å². The predicted octanol–water partition coefficient (Wildman–Crippen LogP) is 5.67. The van der Waals surface area contributed by atoms with E-state index in [9.17, 15) is 14.0 Å². The maximum atomic E-state index is 14.0. The number of carbonyl (C=O) groups excluding carboxylic acids is 2.